The number of carboxylic acid groups (broad SMARTS) is 1. The van der Waals surface area contributed by atoms with E-state index >= 15 is 0 Å². The van der Waals surface area contributed by atoms with Crippen molar-refractivity contribution in [3.63, 3.8) is 0 Å². The van der Waals surface area contributed by atoms with Gasteiger partial charge in [-0.1, -0.05) is 28.9 Å². The second-order valence-corrected chi connectivity index (χ2v) is 27.3. The average molecular weight is 1680 g/mol. The normalized spacial score (nSPS) is 25.5. The molecule has 3 aliphatic carbocycles. The number of aliphatic hydroxyl groups is 5. The number of carbonyl (C=O) groups excluding carboxylic acids is 9. The summed E-state index contributed by atoms with van der Waals surface area (Å²) in [6, 6.07) is -2.01. The summed E-state index contributed by atoms with van der Waals surface area (Å²) in [5, 5.41) is 49.6. The molecule has 0 bridgehead atoms. The molecule has 43 heteroatoms. The van der Waals surface area contributed by atoms with Gasteiger partial charge < -0.3 is 91.0 Å². The van der Waals surface area contributed by atoms with Crippen LogP contribution in [0.25, 0.3) is 0 Å². The third-order valence-electron chi connectivity index (χ3n) is 17.0. The van der Waals surface area contributed by atoms with E-state index in [4.69, 9.17) is 79.0 Å². The summed E-state index contributed by atoms with van der Waals surface area (Å²) < 4.78 is 161. The quantitative estimate of drug-likeness (QED) is 0.0546. The second kappa shape index (κ2) is 58.6. The first kappa shape index (κ1) is 118. The molecule has 32 nitrogen and oxygen atoms in total. The van der Waals surface area contributed by atoms with Gasteiger partial charge in [-0.15, -0.1) is 9.24 Å². The van der Waals surface area contributed by atoms with Gasteiger partial charge in [-0.2, -0.15) is 34.8 Å². The van der Waals surface area contributed by atoms with E-state index in [1.165, 1.54) is 37.7 Å². The first-order valence-corrected chi connectivity index (χ1v) is 36.1. The number of halogens is 7. The minimum absolute atomic E-state index is 0. The standard InChI is InChI=1S/C8H11F2NO2.C8H12FNO2.C8H13NO2.C7H10O3.C6H11F2NO3.C6H8O3.C6H10O2.C5H7F2NO2.2C4H8O.2CH4O.CH5P.3CH4.B.Na.H2O4S.H/c1-7(2)11-5(4-13-7)3-8(9,10)6(11)12;1-8(2)10-5(4-12-8)3-6(9)7(10)11;1-8(2)9-6(5-11-8)3-4-7(9)10;1-10-7(9)5-2-3-6(8)4-5;1-12-5(11)6(7,8)2-4(9)3-10;7-5-2-1-4(3-5)6(8)9;7-4-5-1-2-6(8)3-5;6-5(7)1-3(2-9)8-4(5)10;2*1-2-4-5-3-1;3*1-2;;;;;;1-5(2,3)4;/h5H,3-4H2,1-2H3;5-6H,3-4H2,1-2H3;6H,3-5H2,1-2H3;5H,2-4H2,1H3;4,10H,2-3,9H2,1H3;4H,1-3H2,(H,8,9);5,7H,1-4H2;3,9H,1-2H2,(H,8,10);2*1-4H2;2*2H,1H3;2H2,1H3;3*1H4;;;(H2,1,2,3,4);/q;;;;;;;;;;;;;;;;;+1;;-1/t5-;5-,6?;6-;5-;2*4-;5-;3-;;;;;;;;;;;;/m11101001............/s1/i;;;;;;;;;;;;1D;;;;;;;. The molecule has 649 valence electrons. The molecule has 10 atom stereocenters. The predicted molar refractivity (Wildman–Crippen MR) is 393 cm³/mol. The number of nitrogens with two attached hydrogens (primary N) is 1. The number of rotatable bonds is 8. The Balaban J connectivity index is -0.000000178. The number of aliphatic hydroxyl groups excluding tert-OH is 5. The number of methoxy groups -OCH3 is 2. The molecule has 111 heavy (non-hydrogen) atoms. The smallest absolute Gasteiger partial charge is 1.00 e. The van der Waals surface area contributed by atoms with Crippen molar-refractivity contribution in [1.29, 1.82) is 0 Å². The molecular formula is C68H126BF7N5NaO27PS. The fourth-order valence-corrected chi connectivity index (χ4v) is 11.8. The van der Waals surface area contributed by atoms with E-state index in [0.29, 0.717) is 82.9 Å². The maximum Gasteiger partial charge on any atom is 1.00 e. The van der Waals surface area contributed by atoms with Gasteiger partial charge in [0.1, 0.15) is 34.5 Å². The molecule has 2 unspecified atom stereocenters. The van der Waals surface area contributed by atoms with E-state index in [9.17, 15) is 78.7 Å². The van der Waals surface area contributed by atoms with Crippen LogP contribution in [0.15, 0.2) is 0 Å². The third-order valence-corrected chi connectivity index (χ3v) is 17.0. The Bertz CT molecular complexity index is 2850. The van der Waals surface area contributed by atoms with Crippen LogP contribution in [0.4, 0.5) is 30.7 Å². The molecule has 3 saturated carbocycles. The van der Waals surface area contributed by atoms with Crippen molar-refractivity contribution in [3.8, 4) is 0 Å². The molecule has 0 aromatic carbocycles. The monoisotopic (exact) mass is 1680 g/mol. The maximum absolute atomic E-state index is 13.0. The SMILES string of the molecule is C.C.C.C1CCOC1.C1CCOC1.CC1(C)OC[C@H]2CC(F)(F)C(=O)N21.CC1(C)OC[C@H]2CC(F)C(=O)N21.CC1(C)OC[C@H]2CCC(=O)N21.CO.CO.COC(=O)C(F)(F)C[C@@H](N)CO.COC(=O)[C@H]1CCC(=O)C1.O=C1CC[C@H](C(=O)O)C1.O=C1CC[C@H](CO)C1.O=C1N[C@@H](CO)CC1(F)F.O=S(=O)(O)O.[2H]CP.[B].[H-].[Na+]. The Hall–Kier alpha value is -4.27. The minimum Gasteiger partial charge on any atom is -1.00 e. The summed E-state index contributed by atoms with van der Waals surface area (Å²) >= 11 is 0. The van der Waals surface area contributed by atoms with Crippen molar-refractivity contribution in [2.45, 2.75) is 257 Å². The number of Topliss-reactive ketones (excluding diaryl/α,β-unsaturated/α-hetero) is 3. The van der Waals surface area contributed by atoms with E-state index < -0.39 is 132 Å². The van der Waals surface area contributed by atoms with Crippen LogP contribution in [0.3, 0.4) is 0 Å². The molecule has 12 aliphatic rings. The number of aliphatic carboxylic acids is 1. The van der Waals surface area contributed by atoms with Crippen LogP contribution in [0.1, 0.15) is 189 Å². The Kier molecular flexibility index (Phi) is 62.0. The van der Waals surface area contributed by atoms with Crippen molar-refractivity contribution >= 4 is 86.9 Å². The zero-order valence-corrected chi connectivity index (χ0v) is 67.3. The fourth-order valence-electron chi connectivity index (χ4n) is 11.8. The van der Waals surface area contributed by atoms with Gasteiger partial charge in [-0.05, 0) is 98.8 Å². The van der Waals surface area contributed by atoms with Crippen molar-refractivity contribution in [3.05, 3.63) is 0 Å². The topological polar surface area (TPSA) is 479 Å². The molecule has 12 fully saturated rings. The maximum atomic E-state index is 13.0. The average Bonchev–Trinajstić information content (AvgIpc) is 1.59. The number of esters is 2. The van der Waals surface area contributed by atoms with Crippen LogP contribution < -0.4 is 40.6 Å². The molecule has 0 spiro atoms. The number of nitrogens with zero attached hydrogens (tertiary/aromatic N) is 3. The van der Waals surface area contributed by atoms with Gasteiger partial charge in [0.15, 0.2) is 6.17 Å². The molecule has 0 aromatic rings. The van der Waals surface area contributed by atoms with Gasteiger partial charge >= 0.3 is 75.6 Å². The minimum atomic E-state index is -4.67. The van der Waals surface area contributed by atoms with Crippen LogP contribution in [-0.4, -0.2) is 303 Å². The Morgan fingerprint density at radius 1 is 0.667 bits per heavy atom. The summed E-state index contributed by atoms with van der Waals surface area (Å²) in [6.07, 6.45) is 8.89. The van der Waals surface area contributed by atoms with Crippen molar-refractivity contribution in [2.75, 3.05) is 101 Å². The second-order valence-electron chi connectivity index (χ2n) is 26.4. The number of carboxylic acids is 1. The van der Waals surface area contributed by atoms with E-state index in [1.807, 2.05) is 24.1 Å². The van der Waals surface area contributed by atoms with Crippen LogP contribution in [0, 0.1) is 17.8 Å². The van der Waals surface area contributed by atoms with Gasteiger partial charge in [-0.25, -0.2) is 9.18 Å². The number of amides is 4. The predicted octanol–water partition coefficient (Wildman–Crippen LogP) is 2.04. The van der Waals surface area contributed by atoms with E-state index in [0.717, 1.165) is 72.1 Å². The van der Waals surface area contributed by atoms with E-state index in [1.54, 1.807) is 27.7 Å². The number of ketones is 3. The van der Waals surface area contributed by atoms with Crippen LogP contribution in [0.5, 0.6) is 0 Å². The van der Waals surface area contributed by atoms with Crippen molar-refractivity contribution in [2.24, 2.45) is 23.5 Å². The molecule has 9 saturated heterocycles. The first-order valence-electron chi connectivity index (χ1n) is 34.6. The Labute approximate surface area is 677 Å². The molecule has 0 aromatic heterocycles. The number of nitrogens with one attached hydrogen (secondary N) is 1. The summed E-state index contributed by atoms with van der Waals surface area (Å²) in [7, 11) is 1.79. The number of fused-ring (bicyclic) bond motifs is 3. The van der Waals surface area contributed by atoms with Crippen molar-refractivity contribution in [1.82, 2.24) is 20.0 Å². The largest absolute Gasteiger partial charge is 1.00 e. The van der Waals surface area contributed by atoms with Crippen LogP contribution in [-0.2, 0) is 91.5 Å². The summed E-state index contributed by atoms with van der Waals surface area (Å²) in [6.45, 7) is 15.8. The molecule has 4 amide bonds. The number of hydrogen-bond donors (Lipinski definition) is 10. The number of alkyl halides is 7. The van der Waals surface area contributed by atoms with Crippen LogP contribution in [0.2, 0.25) is 0 Å². The zero-order valence-electron chi connectivity index (χ0n) is 65.4. The summed E-state index contributed by atoms with van der Waals surface area (Å²) in [4.78, 5) is 112. The molecule has 9 heterocycles. The Morgan fingerprint density at radius 2 is 1.08 bits per heavy atom. The summed E-state index contributed by atoms with van der Waals surface area (Å²) in [5.41, 5.74) is 3.18. The molecule has 9 aliphatic heterocycles. The fraction of sp³-hybridized carbons (Fsp3) is 0.853. The molecule has 11 N–H and O–H groups in total. The van der Waals surface area contributed by atoms with Gasteiger partial charge in [0.25, 0.3) is 17.7 Å². The van der Waals surface area contributed by atoms with Crippen LogP contribution >= 0.6 is 9.24 Å². The first-order chi connectivity index (χ1) is 49.6. The van der Waals surface area contributed by atoms with Gasteiger partial charge in [0.05, 0.1) is 83.3 Å². The molecule has 12 rings (SSSR count). The summed E-state index contributed by atoms with van der Waals surface area (Å²) in [5.74, 6) is -15.0. The molecule has 3 radical (unpaired) electrons. The van der Waals surface area contributed by atoms with Gasteiger partial charge in [0, 0.05) is 134 Å². The third kappa shape index (κ3) is 44.0. The van der Waals surface area contributed by atoms with Crippen molar-refractivity contribution < 1.29 is 192 Å². The Morgan fingerprint density at radius 3 is 1.38 bits per heavy atom. The number of ether oxygens (including phenoxy) is 7. The van der Waals surface area contributed by atoms with E-state index in [-0.39, 0.29) is 128 Å². The molecular weight excluding hydrogens is 1550 g/mol. The number of hydrogen-bond acceptors (Lipinski definition) is 25. The zero-order chi connectivity index (χ0) is 83.1. The number of carbonyl (C=O) groups is 10. The van der Waals surface area contributed by atoms with Gasteiger partial charge in [-0.3, -0.25) is 52.3 Å². The van der Waals surface area contributed by atoms with E-state index in [2.05, 4.69) is 18.7 Å². The van der Waals surface area contributed by atoms with Gasteiger partial charge in [0.2, 0.25) is 5.91 Å².